The van der Waals surface area contributed by atoms with Crippen LogP contribution in [0.1, 0.15) is 24.6 Å². The molecule has 1 aromatic heterocycles. The minimum atomic E-state index is -2.82. The van der Waals surface area contributed by atoms with Crippen molar-refractivity contribution in [2.24, 2.45) is 5.92 Å². The highest BCUT2D eigenvalue weighted by Crippen LogP contribution is 2.28. The topological polar surface area (TPSA) is 46.2 Å². The fourth-order valence-corrected chi connectivity index (χ4v) is 5.58. The number of thiophene rings is 1. The fourth-order valence-electron chi connectivity index (χ4n) is 2.55. The minimum absolute atomic E-state index is 0.234. The zero-order chi connectivity index (χ0) is 13.9. The van der Waals surface area contributed by atoms with Crippen molar-refractivity contribution in [3.05, 3.63) is 21.3 Å². The number of sulfone groups is 1. The Balaban J connectivity index is 2.03. The summed E-state index contributed by atoms with van der Waals surface area (Å²) in [5, 5.41) is 3.51. The Bertz CT molecular complexity index is 512. The van der Waals surface area contributed by atoms with Crippen molar-refractivity contribution in [2.45, 2.75) is 32.2 Å². The first-order valence-electron chi connectivity index (χ1n) is 6.68. The Kier molecular flexibility index (Phi) is 5.29. The predicted molar refractivity (Wildman–Crippen MR) is 81.9 cm³/mol. The highest BCUT2D eigenvalue weighted by molar-refractivity contribution is 7.91. The molecule has 19 heavy (non-hydrogen) atoms. The molecule has 2 rings (SSSR count). The van der Waals surface area contributed by atoms with Gasteiger partial charge < -0.3 is 5.32 Å². The first-order valence-corrected chi connectivity index (χ1v) is 9.70. The molecule has 108 valence electrons. The van der Waals surface area contributed by atoms with Gasteiger partial charge in [-0.15, -0.1) is 11.3 Å². The molecule has 0 aliphatic carbocycles. The Morgan fingerprint density at radius 1 is 1.53 bits per heavy atom. The van der Waals surface area contributed by atoms with E-state index in [1.807, 2.05) is 12.1 Å². The van der Waals surface area contributed by atoms with Gasteiger partial charge in [0.05, 0.1) is 15.8 Å². The molecule has 0 radical (unpaired) electrons. The third-order valence-corrected chi connectivity index (χ3v) is 6.59. The molecule has 3 nitrogen and oxygen atoms in total. The summed E-state index contributed by atoms with van der Waals surface area (Å²) in [6.45, 7) is 3.05. The van der Waals surface area contributed by atoms with Gasteiger partial charge in [0.1, 0.15) is 0 Å². The van der Waals surface area contributed by atoms with E-state index in [1.54, 1.807) is 11.3 Å². The second-order valence-corrected chi connectivity index (χ2v) is 9.16. The number of nitrogens with one attached hydrogen (secondary N) is 1. The summed E-state index contributed by atoms with van der Waals surface area (Å²) in [4.78, 5) is 1.22. The van der Waals surface area contributed by atoms with Gasteiger partial charge in [0.25, 0.3) is 0 Å². The molecule has 2 atom stereocenters. The summed E-state index contributed by atoms with van der Waals surface area (Å²) in [6, 6.07) is 4.19. The number of hydrogen-bond donors (Lipinski definition) is 1. The van der Waals surface area contributed by atoms with Gasteiger partial charge in [0.15, 0.2) is 9.84 Å². The van der Waals surface area contributed by atoms with E-state index in [0.29, 0.717) is 11.5 Å². The maximum atomic E-state index is 11.6. The second-order valence-electron chi connectivity index (χ2n) is 5.13. The van der Waals surface area contributed by atoms with Gasteiger partial charge in [-0.25, -0.2) is 8.42 Å². The molecule has 1 saturated heterocycles. The van der Waals surface area contributed by atoms with Crippen LogP contribution >= 0.6 is 22.9 Å². The van der Waals surface area contributed by atoms with Crippen LogP contribution in [0.4, 0.5) is 0 Å². The molecule has 0 bridgehead atoms. The molecule has 0 spiro atoms. The minimum Gasteiger partial charge on any atom is -0.313 e. The average molecular weight is 322 g/mol. The van der Waals surface area contributed by atoms with Crippen LogP contribution in [-0.4, -0.2) is 32.5 Å². The van der Waals surface area contributed by atoms with E-state index in [4.69, 9.17) is 11.6 Å². The normalized spacial score (nSPS) is 23.6. The van der Waals surface area contributed by atoms with Crippen LogP contribution in [0.5, 0.6) is 0 Å². The molecule has 6 heteroatoms. The van der Waals surface area contributed by atoms with Crippen molar-refractivity contribution in [1.82, 2.24) is 5.32 Å². The molecule has 1 fully saturated rings. The number of hydrogen-bond acceptors (Lipinski definition) is 4. The van der Waals surface area contributed by atoms with Gasteiger partial charge in [-0.2, -0.15) is 0 Å². The maximum absolute atomic E-state index is 11.6. The Hall–Kier alpha value is -0.100. The first kappa shape index (κ1) is 15.3. The fraction of sp³-hybridized carbons (Fsp3) is 0.692. The van der Waals surface area contributed by atoms with E-state index in [-0.39, 0.29) is 12.0 Å². The van der Waals surface area contributed by atoms with E-state index in [0.717, 1.165) is 30.1 Å². The van der Waals surface area contributed by atoms with Gasteiger partial charge in [-0.3, -0.25) is 0 Å². The molecule has 1 aliphatic rings. The second kappa shape index (κ2) is 6.57. The SMILES string of the molecule is CCCNC(Cc1ccc(Cl)s1)C1CCS(=O)(=O)C1. The lowest BCUT2D eigenvalue weighted by molar-refractivity contribution is 0.381. The van der Waals surface area contributed by atoms with Gasteiger partial charge >= 0.3 is 0 Å². The van der Waals surface area contributed by atoms with E-state index in [1.165, 1.54) is 4.88 Å². The van der Waals surface area contributed by atoms with Crippen LogP contribution in [0.25, 0.3) is 0 Å². The van der Waals surface area contributed by atoms with Crippen molar-refractivity contribution in [3.8, 4) is 0 Å². The summed E-state index contributed by atoms with van der Waals surface area (Å²) >= 11 is 7.54. The molecule has 2 heterocycles. The maximum Gasteiger partial charge on any atom is 0.150 e. The Labute approximate surface area is 124 Å². The monoisotopic (exact) mass is 321 g/mol. The molecule has 2 unspecified atom stereocenters. The lowest BCUT2D eigenvalue weighted by atomic mass is 9.95. The number of halogens is 1. The molecule has 1 aromatic rings. The van der Waals surface area contributed by atoms with Gasteiger partial charge in [-0.05, 0) is 43.9 Å². The van der Waals surface area contributed by atoms with Crippen molar-refractivity contribution in [3.63, 3.8) is 0 Å². The van der Waals surface area contributed by atoms with E-state index in [9.17, 15) is 8.42 Å². The van der Waals surface area contributed by atoms with Crippen molar-refractivity contribution >= 4 is 32.8 Å². The van der Waals surface area contributed by atoms with Gasteiger partial charge in [0.2, 0.25) is 0 Å². The molecule has 1 N–H and O–H groups in total. The highest BCUT2D eigenvalue weighted by Gasteiger charge is 2.33. The van der Waals surface area contributed by atoms with Crippen molar-refractivity contribution in [2.75, 3.05) is 18.1 Å². The van der Waals surface area contributed by atoms with Gasteiger partial charge in [0, 0.05) is 10.9 Å². The van der Waals surface area contributed by atoms with Crippen LogP contribution in [0.15, 0.2) is 12.1 Å². The molecule has 0 aromatic carbocycles. The molecular weight excluding hydrogens is 302 g/mol. The van der Waals surface area contributed by atoms with E-state index < -0.39 is 9.84 Å². The first-order chi connectivity index (χ1) is 9.00. The third-order valence-electron chi connectivity index (χ3n) is 3.54. The van der Waals surface area contributed by atoms with Crippen LogP contribution < -0.4 is 5.32 Å². The molecule has 0 saturated carbocycles. The van der Waals surface area contributed by atoms with Gasteiger partial charge in [-0.1, -0.05) is 18.5 Å². The van der Waals surface area contributed by atoms with Crippen molar-refractivity contribution < 1.29 is 8.42 Å². The van der Waals surface area contributed by atoms with Crippen LogP contribution in [-0.2, 0) is 16.3 Å². The van der Waals surface area contributed by atoms with Crippen molar-refractivity contribution in [1.29, 1.82) is 0 Å². The quantitative estimate of drug-likeness (QED) is 0.876. The lowest BCUT2D eigenvalue weighted by Gasteiger charge is -2.23. The standard InChI is InChI=1S/C13H20ClNO2S2/c1-2-6-15-12(8-11-3-4-13(14)18-11)10-5-7-19(16,17)9-10/h3-4,10,12,15H,2,5-9H2,1H3. The largest absolute Gasteiger partial charge is 0.313 e. The lowest BCUT2D eigenvalue weighted by Crippen LogP contribution is -2.39. The summed E-state index contributed by atoms with van der Waals surface area (Å²) in [7, 11) is -2.82. The van der Waals surface area contributed by atoms with Crippen LogP contribution in [0, 0.1) is 5.92 Å². The Morgan fingerprint density at radius 3 is 2.84 bits per heavy atom. The van der Waals surface area contributed by atoms with Crippen LogP contribution in [0.3, 0.4) is 0 Å². The van der Waals surface area contributed by atoms with E-state index >= 15 is 0 Å². The zero-order valence-corrected chi connectivity index (χ0v) is 13.5. The third kappa shape index (κ3) is 4.45. The average Bonchev–Trinajstić information content (AvgIpc) is 2.90. The highest BCUT2D eigenvalue weighted by atomic mass is 35.5. The Morgan fingerprint density at radius 2 is 2.32 bits per heavy atom. The number of rotatable bonds is 6. The molecule has 0 amide bonds. The predicted octanol–water partition coefficient (Wildman–Crippen LogP) is 2.75. The smallest absolute Gasteiger partial charge is 0.150 e. The zero-order valence-electron chi connectivity index (χ0n) is 11.1. The summed E-state index contributed by atoms with van der Waals surface area (Å²) in [6.07, 6.45) is 2.71. The summed E-state index contributed by atoms with van der Waals surface area (Å²) in [5.74, 6) is 0.901. The van der Waals surface area contributed by atoms with Crippen LogP contribution in [0.2, 0.25) is 4.34 Å². The molecular formula is C13H20ClNO2S2. The summed E-state index contributed by atoms with van der Waals surface area (Å²) in [5.41, 5.74) is 0. The summed E-state index contributed by atoms with van der Waals surface area (Å²) < 4.78 is 24.1. The molecule has 1 aliphatic heterocycles. The van der Waals surface area contributed by atoms with E-state index in [2.05, 4.69) is 12.2 Å².